The van der Waals surface area contributed by atoms with Crippen molar-refractivity contribution in [3.63, 3.8) is 0 Å². The summed E-state index contributed by atoms with van der Waals surface area (Å²) in [6.45, 7) is 11.4. The molecule has 162 valence electrons. The average molecular weight is 424 g/mol. The summed E-state index contributed by atoms with van der Waals surface area (Å²) < 4.78 is 32.8. The zero-order chi connectivity index (χ0) is 21.2. The quantitative estimate of drug-likeness (QED) is 0.786. The average Bonchev–Trinajstić information content (AvgIpc) is 2.68. The van der Waals surface area contributed by atoms with Crippen LogP contribution >= 0.6 is 0 Å². The van der Waals surface area contributed by atoms with E-state index in [1.165, 1.54) is 10.7 Å². The molecule has 29 heavy (non-hydrogen) atoms. The largest absolute Gasteiger partial charge is 0.379 e. The third-order valence-electron chi connectivity index (χ3n) is 5.87. The minimum atomic E-state index is -3.61. The van der Waals surface area contributed by atoms with Crippen molar-refractivity contribution in [2.24, 2.45) is 11.8 Å². The Balaban J connectivity index is 1.74. The summed E-state index contributed by atoms with van der Waals surface area (Å²) in [5.74, 6) is 1.03. The number of hydrogen-bond acceptors (Lipinski definition) is 5. The lowest BCUT2D eigenvalue weighted by Gasteiger charge is -2.38. The molecule has 2 saturated heterocycles. The van der Waals surface area contributed by atoms with Crippen LogP contribution in [0.2, 0.25) is 0 Å². The number of sulfonamides is 1. The molecule has 2 aliphatic heterocycles. The number of carbonyl (C=O) groups is 1. The second kappa shape index (κ2) is 9.12. The number of benzene rings is 1. The van der Waals surface area contributed by atoms with Crippen LogP contribution in [0.15, 0.2) is 23.1 Å². The van der Waals surface area contributed by atoms with Crippen molar-refractivity contribution in [2.75, 3.05) is 44.7 Å². The maximum Gasteiger partial charge on any atom is 0.243 e. The summed E-state index contributed by atoms with van der Waals surface area (Å²) in [5.41, 5.74) is 1.18. The fourth-order valence-corrected chi connectivity index (χ4v) is 5.98. The highest BCUT2D eigenvalue weighted by Crippen LogP contribution is 2.26. The molecule has 0 aromatic heterocycles. The number of carbonyl (C=O) groups excluding carboxylic acids is 1. The van der Waals surface area contributed by atoms with Gasteiger partial charge in [-0.2, -0.15) is 4.31 Å². The van der Waals surface area contributed by atoms with E-state index in [0.29, 0.717) is 49.4 Å². The van der Waals surface area contributed by atoms with Crippen molar-refractivity contribution in [1.29, 1.82) is 0 Å². The third kappa shape index (κ3) is 5.17. The molecule has 0 spiro atoms. The van der Waals surface area contributed by atoms with E-state index in [1.807, 2.05) is 6.92 Å². The molecular weight excluding hydrogens is 390 g/mol. The maximum absolute atomic E-state index is 13.0. The molecule has 2 aliphatic rings. The highest BCUT2D eigenvalue weighted by Gasteiger charge is 2.30. The molecule has 1 aromatic rings. The minimum Gasteiger partial charge on any atom is -0.379 e. The first-order valence-corrected chi connectivity index (χ1v) is 11.9. The van der Waals surface area contributed by atoms with E-state index in [4.69, 9.17) is 4.74 Å². The van der Waals surface area contributed by atoms with Crippen LogP contribution < -0.4 is 5.32 Å². The molecule has 3 rings (SSSR count). The molecule has 0 radical (unpaired) electrons. The van der Waals surface area contributed by atoms with Crippen LogP contribution in [0.3, 0.4) is 0 Å². The number of anilines is 1. The smallest absolute Gasteiger partial charge is 0.243 e. The lowest BCUT2D eigenvalue weighted by atomic mass is 9.91. The first kappa shape index (κ1) is 22.2. The van der Waals surface area contributed by atoms with Gasteiger partial charge in [-0.1, -0.05) is 19.9 Å². The predicted molar refractivity (Wildman–Crippen MR) is 113 cm³/mol. The third-order valence-corrected chi connectivity index (χ3v) is 7.91. The Morgan fingerprint density at radius 2 is 1.79 bits per heavy atom. The number of aryl methyl sites for hydroxylation is 1. The van der Waals surface area contributed by atoms with Crippen LogP contribution in [0.4, 0.5) is 5.69 Å². The topological polar surface area (TPSA) is 79.0 Å². The minimum absolute atomic E-state index is 0.107. The molecule has 1 amide bonds. The maximum atomic E-state index is 13.0. The normalized spacial score (nSPS) is 25.5. The zero-order valence-electron chi connectivity index (χ0n) is 17.8. The number of rotatable bonds is 5. The highest BCUT2D eigenvalue weighted by atomic mass is 32.2. The Kier molecular flexibility index (Phi) is 6.98. The first-order valence-electron chi connectivity index (χ1n) is 10.4. The standard InChI is InChI=1S/C21H33N3O4S/c1-15-11-16(2)14-23(13-15)18(4)21(25)22-19-6-5-17(3)20(12-19)29(26,27)24-7-9-28-10-8-24/h5-6,12,15-16,18H,7-11,13-14H2,1-4H3,(H,22,25)/t15-,16+,18-/m1/s1. The second-order valence-electron chi connectivity index (χ2n) is 8.56. The van der Waals surface area contributed by atoms with E-state index < -0.39 is 10.0 Å². The van der Waals surface area contributed by atoms with Gasteiger partial charge in [-0.3, -0.25) is 9.69 Å². The number of ether oxygens (including phenoxy) is 1. The molecule has 3 atom stereocenters. The molecule has 0 saturated carbocycles. The number of piperidine rings is 1. The number of amides is 1. The van der Waals surface area contributed by atoms with E-state index in [-0.39, 0.29) is 16.8 Å². The van der Waals surface area contributed by atoms with Gasteiger partial charge >= 0.3 is 0 Å². The number of likely N-dealkylation sites (tertiary alicyclic amines) is 1. The van der Waals surface area contributed by atoms with Crippen molar-refractivity contribution in [1.82, 2.24) is 9.21 Å². The monoisotopic (exact) mass is 423 g/mol. The lowest BCUT2D eigenvalue weighted by molar-refractivity contribution is -0.121. The van der Waals surface area contributed by atoms with Gasteiger partial charge < -0.3 is 10.1 Å². The number of morpholine rings is 1. The first-order chi connectivity index (χ1) is 13.7. The Morgan fingerprint density at radius 1 is 1.17 bits per heavy atom. The summed E-state index contributed by atoms with van der Waals surface area (Å²) in [5, 5.41) is 2.92. The van der Waals surface area contributed by atoms with E-state index in [9.17, 15) is 13.2 Å². The fourth-order valence-electron chi connectivity index (χ4n) is 4.32. The number of hydrogen-bond donors (Lipinski definition) is 1. The summed E-state index contributed by atoms with van der Waals surface area (Å²) in [7, 11) is -3.61. The van der Waals surface area contributed by atoms with Gasteiger partial charge in [-0.05, 0) is 49.8 Å². The van der Waals surface area contributed by atoms with Crippen LogP contribution in [0.25, 0.3) is 0 Å². The van der Waals surface area contributed by atoms with Crippen molar-refractivity contribution in [3.8, 4) is 0 Å². The molecule has 0 aliphatic carbocycles. The van der Waals surface area contributed by atoms with Crippen LogP contribution in [0, 0.1) is 18.8 Å². The van der Waals surface area contributed by atoms with E-state index in [1.54, 1.807) is 25.1 Å². The van der Waals surface area contributed by atoms with Gasteiger partial charge in [0.05, 0.1) is 24.2 Å². The van der Waals surface area contributed by atoms with Gasteiger partial charge in [0.1, 0.15) is 0 Å². The van der Waals surface area contributed by atoms with Crippen LogP contribution in [-0.4, -0.2) is 69.0 Å². The highest BCUT2D eigenvalue weighted by molar-refractivity contribution is 7.89. The van der Waals surface area contributed by atoms with Gasteiger partial charge in [0, 0.05) is 31.9 Å². The molecule has 1 aromatic carbocycles. The summed E-state index contributed by atoms with van der Waals surface area (Å²) >= 11 is 0. The fraction of sp³-hybridized carbons (Fsp3) is 0.667. The van der Waals surface area contributed by atoms with E-state index >= 15 is 0 Å². The molecule has 0 bridgehead atoms. The molecule has 0 unspecified atom stereocenters. The van der Waals surface area contributed by atoms with Crippen LogP contribution in [0.1, 0.15) is 32.8 Å². The molecule has 1 N–H and O–H groups in total. The summed E-state index contributed by atoms with van der Waals surface area (Å²) in [6, 6.07) is 4.82. The van der Waals surface area contributed by atoms with E-state index in [2.05, 4.69) is 24.1 Å². The molecule has 7 nitrogen and oxygen atoms in total. The van der Waals surface area contributed by atoms with Crippen molar-refractivity contribution in [2.45, 2.75) is 45.1 Å². The molecule has 2 fully saturated rings. The van der Waals surface area contributed by atoms with Crippen molar-refractivity contribution in [3.05, 3.63) is 23.8 Å². The van der Waals surface area contributed by atoms with Gasteiger partial charge in [-0.15, -0.1) is 0 Å². The van der Waals surface area contributed by atoms with Crippen LogP contribution in [0.5, 0.6) is 0 Å². The van der Waals surface area contributed by atoms with Gasteiger partial charge in [-0.25, -0.2) is 8.42 Å². The van der Waals surface area contributed by atoms with Gasteiger partial charge in [0.25, 0.3) is 0 Å². The van der Waals surface area contributed by atoms with Crippen molar-refractivity contribution >= 4 is 21.6 Å². The van der Waals surface area contributed by atoms with Gasteiger partial charge in [0.2, 0.25) is 15.9 Å². The van der Waals surface area contributed by atoms with Crippen LogP contribution in [-0.2, 0) is 19.6 Å². The lowest BCUT2D eigenvalue weighted by Crippen LogP contribution is -2.48. The molecule has 8 heteroatoms. The Bertz CT molecular complexity index is 826. The Labute approximate surface area is 174 Å². The Morgan fingerprint density at radius 3 is 2.41 bits per heavy atom. The summed E-state index contributed by atoms with van der Waals surface area (Å²) in [4.78, 5) is 15.3. The SMILES string of the molecule is Cc1ccc(NC(=O)[C@@H](C)N2C[C@H](C)C[C@H](C)C2)cc1S(=O)(=O)N1CCOCC1. The zero-order valence-corrected chi connectivity index (χ0v) is 18.7. The molecular formula is C21H33N3O4S. The van der Waals surface area contributed by atoms with Gasteiger partial charge in [0.15, 0.2) is 0 Å². The van der Waals surface area contributed by atoms with E-state index in [0.717, 1.165) is 13.1 Å². The second-order valence-corrected chi connectivity index (χ2v) is 10.5. The molecule has 2 heterocycles. The number of nitrogens with zero attached hydrogens (tertiary/aromatic N) is 2. The summed E-state index contributed by atoms with van der Waals surface area (Å²) in [6.07, 6.45) is 1.19. The predicted octanol–water partition coefficient (Wildman–Crippen LogP) is 2.32. The van der Waals surface area contributed by atoms with Crippen molar-refractivity contribution < 1.29 is 17.9 Å². The number of nitrogens with one attached hydrogen (secondary N) is 1. The Hall–Kier alpha value is -1.48.